The van der Waals surface area contributed by atoms with Crippen molar-refractivity contribution in [3.8, 4) is 0 Å². The number of oxime groups is 1. The molecule has 0 aliphatic carbocycles. The number of thiophene rings is 1. The van der Waals surface area contributed by atoms with Gasteiger partial charge in [0.05, 0.1) is 16.3 Å². The topological polar surface area (TPSA) is 50.7 Å². The van der Waals surface area contributed by atoms with Gasteiger partial charge in [-0.25, -0.2) is 0 Å². The predicted octanol–water partition coefficient (Wildman–Crippen LogP) is 3.89. The number of carbonyl (C=O) groups is 1. The lowest BCUT2D eigenvalue weighted by atomic mass is 10.3. The zero-order valence-corrected chi connectivity index (χ0v) is 13.2. The maximum atomic E-state index is 11.7. The third-order valence-electron chi connectivity index (χ3n) is 2.42. The van der Waals surface area contributed by atoms with Crippen LogP contribution in [-0.4, -0.2) is 18.2 Å². The van der Waals surface area contributed by atoms with E-state index in [0.717, 1.165) is 15.1 Å². The number of halogens is 1. The van der Waals surface area contributed by atoms with E-state index in [1.807, 2.05) is 48.7 Å². The van der Waals surface area contributed by atoms with Crippen LogP contribution in [0.1, 0.15) is 11.8 Å². The molecule has 1 N–H and O–H groups in total. The molecule has 20 heavy (non-hydrogen) atoms. The van der Waals surface area contributed by atoms with Crippen molar-refractivity contribution in [2.24, 2.45) is 5.16 Å². The molecule has 1 aromatic heterocycles. The number of carbonyl (C=O) groups excluding carboxylic acids is 1. The van der Waals surface area contributed by atoms with Gasteiger partial charge in [-0.1, -0.05) is 23.4 Å². The van der Waals surface area contributed by atoms with E-state index >= 15 is 0 Å². The van der Waals surface area contributed by atoms with E-state index in [2.05, 4.69) is 26.4 Å². The summed E-state index contributed by atoms with van der Waals surface area (Å²) in [5.74, 6) is -0.250. The summed E-state index contributed by atoms with van der Waals surface area (Å²) in [6.45, 7) is 1.72. The Labute approximate surface area is 129 Å². The van der Waals surface area contributed by atoms with Crippen molar-refractivity contribution in [1.29, 1.82) is 0 Å². The fraction of sp³-hybridized carbons (Fsp3) is 0.143. The molecular weight excluding hydrogens is 340 g/mol. The normalized spacial score (nSPS) is 11.2. The molecule has 2 aromatic rings. The Kier molecular flexibility index (Phi) is 5.31. The molecule has 0 unspecified atom stereocenters. The van der Waals surface area contributed by atoms with Crippen molar-refractivity contribution in [3.63, 3.8) is 0 Å². The Balaban J connectivity index is 1.84. The third-order valence-corrected chi connectivity index (χ3v) is 4.09. The molecule has 0 atom stereocenters. The van der Waals surface area contributed by atoms with Crippen molar-refractivity contribution in [2.45, 2.75) is 6.92 Å². The number of rotatable bonds is 5. The van der Waals surface area contributed by atoms with Gasteiger partial charge in [-0.3, -0.25) is 4.79 Å². The van der Waals surface area contributed by atoms with Crippen LogP contribution in [0.2, 0.25) is 0 Å². The largest absolute Gasteiger partial charge is 0.385 e. The van der Waals surface area contributed by atoms with Crippen LogP contribution >= 0.6 is 27.3 Å². The zero-order chi connectivity index (χ0) is 14.4. The maximum Gasteiger partial charge on any atom is 0.265 e. The second-order valence-electron chi connectivity index (χ2n) is 3.96. The van der Waals surface area contributed by atoms with Crippen LogP contribution in [0.25, 0.3) is 0 Å². The fourth-order valence-corrected chi connectivity index (χ4v) is 2.52. The van der Waals surface area contributed by atoms with Gasteiger partial charge in [0.25, 0.3) is 5.91 Å². The first-order chi connectivity index (χ1) is 9.66. The summed E-state index contributed by atoms with van der Waals surface area (Å²) >= 11 is 4.94. The van der Waals surface area contributed by atoms with E-state index in [0.29, 0.717) is 5.69 Å². The minimum atomic E-state index is -0.250. The van der Waals surface area contributed by atoms with E-state index in [1.54, 1.807) is 11.3 Å². The summed E-state index contributed by atoms with van der Waals surface area (Å²) in [6.07, 6.45) is 0. The Morgan fingerprint density at radius 1 is 1.35 bits per heavy atom. The quantitative estimate of drug-likeness (QED) is 0.655. The molecule has 4 nitrogen and oxygen atoms in total. The highest BCUT2D eigenvalue weighted by Gasteiger charge is 2.05. The van der Waals surface area contributed by atoms with Crippen LogP contribution < -0.4 is 5.32 Å². The van der Waals surface area contributed by atoms with Gasteiger partial charge in [-0.2, -0.15) is 0 Å². The molecule has 1 heterocycles. The standard InChI is InChI=1S/C14H13BrN2O2S/c1-10(13-7-4-8-20-13)17-19-9-14(18)16-12-6-3-2-5-11(12)15/h2-8H,9H2,1H3,(H,16,18)/b17-10+. The van der Waals surface area contributed by atoms with Crippen LogP contribution in [0.4, 0.5) is 5.69 Å². The van der Waals surface area contributed by atoms with Gasteiger partial charge < -0.3 is 10.2 Å². The first-order valence-corrected chi connectivity index (χ1v) is 7.59. The molecule has 1 amide bonds. The number of benzene rings is 1. The molecule has 6 heteroatoms. The Hall–Kier alpha value is -1.66. The Bertz CT molecular complexity index is 611. The van der Waals surface area contributed by atoms with Crippen molar-refractivity contribution in [1.82, 2.24) is 0 Å². The van der Waals surface area contributed by atoms with Crippen LogP contribution in [0.15, 0.2) is 51.4 Å². The third kappa shape index (κ3) is 4.18. The average molecular weight is 353 g/mol. The van der Waals surface area contributed by atoms with Gasteiger partial charge in [0.15, 0.2) is 6.61 Å². The van der Waals surface area contributed by atoms with E-state index in [1.165, 1.54) is 0 Å². The van der Waals surface area contributed by atoms with Crippen molar-refractivity contribution in [2.75, 3.05) is 11.9 Å². The first kappa shape index (κ1) is 14.7. The Morgan fingerprint density at radius 3 is 2.85 bits per heavy atom. The first-order valence-electron chi connectivity index (χ1n) is 5.91. The highest BCUT2D eigenvalue weighted by molar-refractivity contribution is 9.10. The minimum Gasteiger partial charge on any atom is -0.385 e. The monoisotopic (exact) mass is 352 g/mol. The van der Waals surface area contributed by atoms with Crippen LogP contribution in [0, 0.1) is 0 Å². The molecule has 0 fully saturated rings. The Morgan fingerprint density at radius 2 is 2.15 bits per heavy atom. The number of nitrogens with one attached hydrogen (secondary N) is 1. The zero-order valence-electron chi connectivity index (χ0n) is 10.8. The predicted molar refractivity (Wildman–Crippen MR) is 85.3 cm³/mol. The summed E-state index contributed by atoms with van der Waals surface area (Å²) in [5.41, 5.74) is 1.47. The van der Waals surface area contributed by atoms with Crippen LogP contribution in [0.5, 0.6) is 0 Å². The summed E-state index contributed by atoms with van der Waals surface area (Å²) < 4.78 is 0.826. The molecule has 0 spiro atoms. The highest BCUT2D eigenvalue weighted by Crippen LogP contribution is 2.20. The lowest BCUT2D eigenvalue weighted by Gasteiger charge is -2.06. The molecule has 2 rings (SSSR count). The number of amides is 1. The lowest BCUT2D eigenvalue weighted by molar-refractivity contribution is -0.120. The molecule has 104 valence electrons. The van der Waals surface area contributed by atoms with Crippen molar-refractivity contribution < 1.29 is 9.63 Å². The SMILES string of the molecule is C/C(=N\OCC(=O)Nc1ccccc1Br)c1cccs1. The number of anilines is 1. The number of hydrogen-bond acceptors (Lipinski definition) is 4. The number of nitrogens with zero attached hydrogens (tertiary/aromatic N) is 1. The molecule has 0 radical (unpaired) electrons. The minimum absolute atomic E-state index is 0.121. The molecule has 0 saturated carbocycles. The molecular formula is C14H13BrN2O2S. The molecule has 1 aromatic carbocycles. The summed E-state index contributed by atoms with van der Waals surface area (Å²) in [5, 5.41) is 8.63. The van der Waals surface area contributed by atoms with Gasteiger partial charge in [-0.15, -0.1) is 11.3 Å². The van der Waals surface area contributed by atoms with Gasteiger partial charge >= 0.3 is 0 Å². The molecule has 0 bridgehead atoms. The van der Waals surface area contributed by atoms with Crippen LogP contribution in [0.3, 0.4) is 0 Å². The van der Waals surface area contributed by atoms with Gasteiger partial charge in [0.2, 0.25) is 0 Å². The molecule has 0 aliphatic heterocycles. The number of para-hydroxylation sites is 1. The summed E-state index contributed by atoms with van der Waals surface area (Å²) in [7, 11) is 0. The summed E-state index contributed by atoms with van der Waals surface area (Å²) in [4.78, 5) is 17.8. The van der Waals surface area contributed by atoms with Crippen molar-refractivity contribution in [3.05, 3.63) is 51.1 Å². The van der Waals surface area contributed by atoms with E-state index < -0.39 is 0 Å². The smallest absolute Gasteiger partial charge is 0.265 e. The number of hydrogen-bond donors (Lipinski definition) is 1. The fourth-order valence-electron chi connectivity index (χ4n) is 1.47. The summed E-state index contributed by atoms with van der Waals surface area (Å²) in [6, 6.07) is 11.3. The highest BCUT2D eigenvalue weighted by atomic mass is 79.9. The van der Waals surface area contributed by atoms with E-state index in [4.69, 9.17) is 4.84 Å². The lowest BCUT2D eigenvalue weighted by Crippen LogP contribution is -2.17. The second kappa shape index (κ2) is 7.21. The van der Waals surface area contributed by atoms with Gasteiger partial charge in [-0.05, 0) is 46.4 Å². The average Bonchev–Trinajstić information content (AvgIpc) is 2.95. The van der Waals surface area contributed by atoms with E-state index in [-0.39, 0.29) is 12.5 Å². The second-order valence-corrected chi connectivity index (χ2v) is 5.76. The molecule has 0 aliphatic rings. The van der Waals surface area contributed by atoms with E-state index in [9.17, 15) is 4.79 Å². The van der Waals surface area contributed by atoms with Gasteiger partial charge in [0.1, 0.15) is 0 Å². The maximum absolute atomic E-state index is 11.7. The van der Waals surface area contributed by atoms with Crippen molar-refractivity contribution >= 4 is 44.6 Å². The van der Waals surface area contributed by atoms with Gasteiger partial charge in [0, 0.05) is 4.47 Å². The van der Waals surface area contributed by atoms with Crippen LogP contribution in [-0.2, 0) is 9.63 Å². The molecule has 0 saturated heterocycles.